The molecule has 1 saturated heterocycles. The fourth-order valence-electron chi connectivity index (χ4n) is 1.93. The highest BCUT2D eigenvalue weighted by Crippen LogP contribution is 2.35. The maximum atomic E-state index is 10.8. The minimum Gasteiger partial charge on any atom is -0.463 e. The van der Waals surface area contributed by atoms with Gasteiger partial charge in [-0.1, -0.05) is 34.9 Å². The highest BCUT2D eigenvalue weighted by molar-refractivity contribution is 9.09. The first kappa shape index (κ1) is 14.3. The third kappa shape index (κ3) is 3.59. The minimum atomic E-state index is -0.342. The van der Waals surface area contributed by atoms with E-state index in [1.165, 1.54) is 6.92 Å². The van der Waals surface area contributed by atoms with Gasteiger partial charge >= 0.3 is 5.97 Å². The van der Waals surface area contributed by atoms with Crippen LogP contribution in [-0.4, -0.2) is 29.7 Å². The highest BCUT2D eigenvalue weighted by Gasteiger charge is 2.40. The number of carbonyl (C=O) groups excluding carboxylic acids is 1. The lowest BCUT2D eigenvalue weighted by molar-refractivity contribution is -0.152. The average Bonchev–Trinajstić information content (AvgIpc) is 2.27. The van der Waals surface area contributed by atoms with E-state index in [1.54, 1.807) is 0 Å². The Morgan fingerprint density at radius 2 is 2.18 bits per heavy atom. The molecule has 17 heavy (non-hydrogen) atoms. The molecule has 6 nitrogen and oxygen atoms in total. The summed E-state index contributed by atoms with van der Waals surface area (Å²) in [5.74, 6) is -0.255. The minimum absolute atomic E-state index is 0.00838. The van der Waals surface area contributed by atoms with Crippen LogP contribution in [0.3, 0.4) is 0 Å². The Hall–Kier alpha value is -0.780. The van der Waals surface area contributed by atoms with Gasteiger partial charge in [0.2, 0.25) is 0 Å². The molecule has 7 heteroatoms. The number of azide groups is 1. The summed E-state index contributed by atoms with van der Waals surface area (Å²) in [7, 11) is 0. The first-order chi connectivity index (χ1) is 7.97. The number of alkyl halides is 1. The number of ether oxygens (including phenoxy) is 2. The Bertz CT molecular complexity index is 333. The number of nitrogens with zero attached hydrogens (tertiary/aromatic N) is 3. The van der Waals surface area contributed by atoms with Crippen LogP contribution in [0.25, 0.3) is 10.4 Å². The molecule has 0 aromatic rings. The Kier molecular flexibility index (Phi) is 5.24. The molecule has 1 aliphatic heterocycles. The van der Waals surface area contributed by atoms with Crippen LogP contribution in [0.15, 0.2) is 5.11 Å². The van der Waals surface area contributed by atoms with Crippen LogP contribution in [0.4, 0.5) is 0 Å². The number of carbonyl (C=O) groups is 1. The van der Waals surface area contributed by atoms with Crippen molar-refractivity contribution >= 4 is 21.9 Å². The quantitative estimate of drug-likeness (QED) is 0.264. The zero-order valence-corrected chi connectivity index (χ0v) is 11.6. The van der Waals surface area contributed by atoms with Gasteiger partial charge in [-0.3, -0.25) is 4.79 Å². The third-order valence-corrected chi connectivity index (χ3v) is 4.07. The van der Waals surface area contributed by atoms with E-state index in [9.17, 15) is 4.79 Å². The lowest BCUT2D eigenvalue weighted by atomic mass is 9.85. The molecule has 0 aromatic carbocycles. The van der Waals surface area contributed by atoms with E-state index in [1.807, 2.05) is 13.8 Å². The van der Waals surface area contributed by atoms with Crippen molar-refractivity contribution in [2.45, 2.75) is 37.9 Å². The summed E-state index contributed by atoms with van der Waals surface area (Å²) in [6.45, 7) is 5.43. The average molecular weight is 306 g/mol. The predicted octanol–water partition coefficient (Wildman–Crippen LogP) is 2.62. The molecule has 1 heterocycles. The molecule has 0 aromatic heterocycles. The molecule has 1 rings (SSSR count). The Labute approximate surface area is 108 Å². The van der Waals surface area contributed by atoms with E-state index in [4.69, 9.17) is 15.0 Å². The van der Waals surface area contributed by atoms with E-state index >= 15 is 0 Å². The molecule has 0 saturated carbocycles. The summed E-state index contributed by atoms with van der Waals surface area (Å²) in [4.78, 5) is 13.6. The summed E-state index contributed by atoms with van der Waals surface area (Å²) in [6, 6.07) is -0.168. The maximum absolute atomic E-state index is 10.8. The number of halogens is 1. The van der Waals surface area contributed by atoms with Crippen LogP contribution in [0.5, 0.6) is 0 Å². The highest BCUT2D eigenvalue weighted by atomic mass is 79.9. The standard InChI is InChI=1S/C10H16BrN3O3/c1-5-8(4-16-7(3)15)17-10(11)6(2)9(5)13-14-12/h5-6,8-10H,4H2,1-3H3/t5-,6-,8?,9?,10-/m0/s1. The van der Waals surface area contributed by atoms with Gasteiger partial charge in [0.25, 0.3) is 0 Å². The molecular formula is C10H16BrN3O3. The molecule has 0 radical (unpaired) electrons. The topological polar surface area (TPSA) is 84.3 Å². The second kappa shape index (κ2) is 6.23. The molecule has 0 N–H and O–H groups in total. The van der Waals surface area contributed by atoms with E-state index < -0.39 is 0 Å². The lowest BCUT2D eigenvalue weighted by Crippen LogP contribution is -2.47. The molecule has 1 aliphatic rings. The van der Waals surface area contributed by atoms with E-state index in [-0.39, 0.29) is 41.6 Å². The van der Waals surface area contributed by atoms with Gasteiger partial charge in [0.1, 0.15) is 11.6 Å². The molecule has 0 amide bonds. The van der Waals surface area contributed by atoms with Crippen molar-refractivity contribution in [1.29, 1.82) is 0 Å². The van der Waals surface area contributed by atoms with Crippen molar-refractivity contribution in [1.82, 2.24) is 0 Å². The van der Waals surface area contributed by atoms with Crippen molar-refractivity contribution < 1.29 is 14.3 Å². The zero-order chi connectivity index (χ0) is 13.0. The zero-order valence-electron chi connectivity index (χ0n) is 10.0. The van der Waals surface area contributed by atoms with Gasteiger partial charge in [-0.05, 0) is 11.4 Å². The Morgan fingerprint density at radius 1 is 1.53 bits per heavy atom. The Morgan fingerprint density at radius 3 is 2.71 bits per heavy atom. The van der Waals surface area contributed by atoms with Gasteiger partial charge in [-0.2, -0.15) is 0 Å². The Balaban J connectivity index is 2.73. The molecular weight excluding hydrogens is 290 g/mol. The molecule has 5 atom stereocenters. The SMILES string of the molecule is CC(=O)OCC1O[C@H](Br)[C@@H](C)C(N=[N+]=[N-])[C@H]1C. The first-order valence-electron chi connectivity index (χ1n) is 5.44. The first-order valence-corrected chi connectivity index (χ1v) is 6.36. The predicted molar refractivity (Wildman–Crippen MR) is 65.5 cm³/mol. The van der Waals surface area contributed by atoms with Gasteiger partial charge in [-0.25, -0.2) is 0 Å². The van der Waals surface area contributed by atoms with Gasteiger partial charge in [0.05, 0.1) is 6.10 Å². The molecule has 2 unspecified atom stereocenters. The summed E-state index contributed by atoms with van der Waals surface area (Å²) < 4.78 is 10.6. The number of esters is 1. The van der Waals surface area contributed by atoms with Crippen LogP contribution in [0.1, 0.15) is 20.8 Å². The monoisotopic (exact) mass is 305 g/mol. The summed E-state index contributed by atoms with van der Waals surface area (Å²) in [6.07, 6.45) is -0.255. The molecule has 0 spiro atoms. The second-order valence-electron chi connectivity index (χ2n) is 4.24. The summed E-state index contributed by atoms with van der Waals surface area (Å²) in [5, 5.41) is 3.60. The van der Waals surface area contributed by atoms with Crippen molar-refractivity contribution in [3.8, 4) is 0 Å². The van der Waals surface area contributed by atoms with Gasteiger partial charge in [0.15, 0.2) is 0 Å². The number of rotatable bonds is 3. The van der Waals surface area contributed by atoms with E-state index in [2.05, 4.69) is 26.0 Å². The molecule has 1 fully saturated rings. The smallest absolute Gasteiger partial charge is 0.302 e. The van der Waals surface area contributed by atoms with Crippen molar-refractivity contribution in [2.24, 2.45) is 17.0 Å². The van der Waals surface area contributed by atoms with E-state index in [0.29, 0.717) is 0 Å². The summed E-state index contributed by atoms with van der Waals surface area (Å²) >= 11 is 3.39. The number of hydrogen-bond acceptors (Lipinski definition) is 4. The van der Waals surface area contributed by atoms with Gasteiger partial charge < -0.3 is 9.47 Å². The van der Waals surface area contributed by atoms with Crippen molar-refractivity contribution in [3.05, 3.63) is 10.4 Å². The van der Waals surface area contributed by atoms with Gasteiger partial charge in [0, 0.05) is 23.8 Å². The lowest BCUT2D eigenvalue weighted by Gasteiger charge is -2.40. The molecule has 0 aliphatic carbocycles. The second-order valence-corrected chi connectivity index (χ2v) is 5.14. The van der Waals surface area contributed by atoms with Crippen molar-refractivity contribution in [3.63, 3.8) is 0 Å². The molecule has 0 bridgehead atoms. The van der Waals surface area contributed by atoms with Crippen LogP contribution < -0.4 is 0 Å². The van der Waals surface area contributed by atoms with Crippen LogP contribution in [0.2, 0.25) is 0 Å². The fourth-order valence-corrected chi connectivity index (χ4v) is 2.52. The summed E-state index contributed by atoms with van der Waals surface area (Å²) in [5.41, 5.74) is 8.56. The van der Waals surface area contributed by atoms with Crippen LogP contribution in [0, 0.1) is 11.8 Å². The van der Waals surface area contributed by atoms with E-state index in [0.717, 1.165) is 0 Å². The van der Waals surface area contributed by atoms with Crippen molar-refractivity contribution in [2.75, 3.05) is 6.61 Å². The number of hydrogen-bond donors (Lipinski definition) is 0. The normalized spacial score (nSPS) is 37.1. The maximum Gasteiger partial charge on any atom is 0.302 e. The molecule has 96 valence electrons. The van der Waals surface area contributed by atoms with Gasteiger partial charge in [-0.15, -0.1) is 0 Å². The largest absolute Gasteiger partial charge is 0.463 e. The fraction of sp³-hybridized carbons (Fsp3) is 0.900. The third-order valence-electron chi connectivity index (χ3n) is 3.02. The van der Waals surface area contributed by atoms with Crippen LogP contribution >= 0.6 is 15.9 Å². The van der Waals surface area contributed by atoms with Crippen LogP contribution in [-0.2, 0) is 14.3 Å².